The summed E-state index contributed by atoms with van der Waals surface area (Å²) in [6, 6.07) is 9.86. The Balaban J connectivity index is 1.66. The fourth-order valence-electron chi connectivity index (χ4n) is 2.81. The molecule has 0 atom stereocenters. The van der Waals surface area contributed by atoms with Crippen LogP contribution in [-0.4, -0.2) is 53.7 Å². The molecule has 0 saturated carbocycles. The molecular weight excluding hydrogens is 384 g/mol. The van der Waals surface area contributed by atoms with E-state index >= 15 is 0 Å². The number of nitrogens with zero attached hydrogens (tertiary/aromatic N) is 2. The molecule has 148 valence electrons. The van der Waals surface area contributed by atoms with Gasteiger partial charge >= 0.3 is 5.97 Å². The third-order valence-corrected chi connectivity index (χ3v) is 4.22. The second kappa shape index (κ2) is 7.89. The molecule has 0 aliphatic carbocycles. The molecule has 2 aromatic carbocycles. The summed E-state index contributed by atoms with van der Waals surface area (Å²) in [5.74, 6) is -2.86. The fourth-order valence-corrected chi connectivity index (χ4v) is 2.81. The zero-order valence-electron chi connectivity index (χ0n) is 15.1. The van der Waals surface area contributed by atoms with Crippen LogP contribution in [0.5, 0.6) is 5.75 Å². The van der Waals surface area contributed by atoms with Gasteiger partial charge in [-0.25, -0.2) is 0 Å². The first-order chi connectivity index (χ1) is 13.8. The van der Waals surface area contributed by atoms with Crippen LogP contribution < -0.4 is 4.74 Å². The molecule has 29 heavy (non-hydrogen) atoms. The summed E-state index contributed by atoms with van der Waals surface area (Å²) in [5, 5.41) is 11.1. The summed E-state index contributed by atoms with van der Waals surface area (Å²) in [6.45, 7) is -1.37. The van der Waals surface area contributed by atoms with E-state index in [0.29, 0.717) is 10.6 Å². The molecule has 0 unspecified atom stereocenters. The first kappa shape index (κ1) is 19.7. The first-order valence-electron chi connectivity index (χ1n) is 8.30. The van der Waals surface area contributed by atoms with Gasteiger partial charge in [-0.3, -0.25) is 34.2 Å². The smallest absolute Gasteiger partial charge is 0.326 e. The van der Waals surface area contributed by atoms with E-state index in [4.69, 9.17) is 9.47 Å². The van der Waals surface area contributed by atoms with E-state index < -0.39 is 47.3 Å². The quantitative estimate of drug-likeness (QED) is 0.226. The van der Waals surface area contributed by atoms with E-state index in [-0.39, 0.29) is 16.7 Å². The molecular formula is C19H14N2O8. The molecule has 0 bridgehead atoms. The van der Waals surface area contributed by atoms with Gasteiger partial charge in [0, 0.05) is 11.6 Å². The topological polar surface area (TPSA) is 133 Å². The Bertz CT molecular complexity index is 1050. The van der Waals surface area contributed by atoms with Gasteiger partial charge in [0.25, 0.3) is 17.5 Å². The molecule has 2 amide bonds. The molecule has 10 heteroatoms. The molecule has 1 heterocycles. The number of carbonyl (C=O) groups is 4. The predicted octanol–water partition coefficient (Wildman–Crippen LogP) is 1.63. The average Bonchev–Trinajstić information content (AvgIpc) is 2.96. The summed E-state index contributed by atoms with van der Waals surface area (Å²) in [5.41, 5.74) is -0.800. The van der Waals surface area contributed by atoms with Crippen LogP contribution >= 0.6 is 0 Å². The maximum Gasteiger partial charge on any atom is 0.326 e. The maximum absolute atomic E-state index is 12.4. The zero-order valence-corrected chi connectivity index (χ0v) is 15.1. The van der Waals surface area contributed by atoms with Crippen LogP contribution in [0, 0.1) is 10.1 Å². The molecule has 2 aromatic rings. The normalized spacial score (nSPS) is 12.5. The Kier molecular flexibility index (Phi) is 5.35. The van der Waals surface area contributed by atoms with Crippen molar-refractivity contribution in [1.29, 1.82) is 0 Å². The van der Waals surface area contributed by atoms with E-state index in [2.05, 4.69) is 0 Å². The highest BCUT2D eigenvalue weighted by molar-refractivity contribution is 6.24. The standard InChI is InChI=1S/C19H14N2O8/c1-28-12-5-2-4-11(8-12)15(22)10-29-16(23)9-20-18(24)13-6-3-7-14(21(26)27)17(13)19(20)25/h2-8H,9-10H2,1H3. The Morgan fingerprint density at radius 3 is 2.52 bits per heavy atom. The van der Waals surface area contributed by atoms with Gasteiger partial charge in [-0.2, -0.15) is 0 Å². The van der Waals surface area contributed by atoms with Crippen molar-refractivity contribution < 1.29 is 33.6 Å². The number of esters is 1. The highest BCUT2D eigenvalue weighted by Crippen LogP contribution is 2.30. The molecule has 0 radical (unpaired) electrons. The summed E-state index contributed by atoms with van der Waals surface area (Å²) >= 11 is 0. The van der Waals surface area contributed by atoms with Crippen LogP contribution in [0.2, 0.25) is 0 Å². The van der Waals surface area contributed by atoms with Crippen molar-refractivity contribution in [1.82, 2.24) is 4.90 Å². The van der Waals surface area contributed by atoms with Gasteiger partial charge < -0.3 is 9.47 Å². The molecule has 0 saturated heterocycles. The lowest BCUT2D eigenvalue weighted by Gasteiger charge is -2.12. The van der Waals surface area contributed by atoms with Crippen molar-refractivity contribution in [3.63, 3.8) is 0 Å². The van der Waals surface area contributed by atoms with Gasteiger partial charge in [-0.1, -0.05) is 18.2 Å². The summed E-state index contributed by atoms with van der Waals surface area (Å²) < 4.78 is 9.87. The van der Waals surface area contributed by atoms with Crippen molar-refractivity contribution in [3.05, 3.63) is 69.3 Å². The van der Waals surface area contributed by atoms with Crippen LogP contribution in [-0.2, 0) is 9.53 Å². The van der Waals surface area contributed by atoms with Gasteiger partial charge in [0.1, 0.15) is 17.9 Å². The number of hydrogen-bond acceptors (Lipinski definition) is 8. The lowest BCUT2D eigenvalue weighted by molar-refractivity contribution is -0.385. The highest BCUT2D eigenvalue weighted by atomic mass is 16.6. The van der Waals surface area contributed by atoms with E-state index in [1.165, 1.54) is 31.4 Å². The number of benzene rings is 2. The Hall–Kier alpha value is -4.08. The van der Waals surface area contributed by atoms with Crippen LogP contribution in [0.15, 0.2) is 42.5 Å². The number of methoxy groups -OCH3 is 1. The second-order valence-corrected chi connectivity index (χ2v) is 5.97. The predicted molar refractivity (Wildman–Crippen MR) is 96.7 cm³/mol. The number of carbonyl (C=O) groups excluding carboxylic acids is 4. The molecule has 1 aliphatic rings. The molecule has 0 aromatic heterocycles. The van der Waals surface area contributed by atoms with Crippen LogP contribution in [0.25, 0.3) is 0 Å². The number of amides is 2. The Labute approximate surface area is 163 Å². The van der Waals surface area contributed by atoms with Gasteiger partial charge in [-0.05, 0) is 18.2 Å². The molecule has 10 nitrogen and oxygen atoms in total. The minimum atomic E-state index is -1.00. The maximum atomic E-state index is 12.4. The van der Waals surface area contributed by atoms with Gasteiger partial charge in [0.2, 0.25) is 0 Å². The third-order valence-electron chi connectivity index (χ3n) is 4.22. The van der Waals surface area contributed by atoms with Crippen molar-refractivity contribution in [3.8, 4) is 5.75 Å². The Morgan fingerprint density at radius 2 is 1.83 bits per heavy atom. The first-order valence-corrected chi connectivity index (χ1v) is 8.30. The monoisotopic (exact) mass is 398 g/mol. The van der Waals surface area contributed by atoms with E-state index in [9.17, 15) is 29.3 Å². The number of hydrogen-bond donors (Lipinski definition) is 0. The third kappa shape index (κ3) is 3.81. The van der Waals surface area contributed by atoms with Crippen molar-refractivity contribution in [2.24, 2.45) is 0 Å². The van der Waals surface area contributed by atoms with E-state index in [1.807, 2.05) is 0 Å². The summed E-state index contributed by atoms with van der Waals surface area (Å²) in [4.78, 5) is 59.8. The van der Waals surface area contributed by atoms with Gasteiger partial charge in [-0.15, -0.1) is 0 Å². The van der Waals surface area contributed by atoms with Gasteiger partial charge in [0.05, 0.1) is 17.6 Å². The molecule has 0 N–H and O–H groups in total. The van der Waals surface area contributed by atoms with E-state index in [0.717, 1.165) is 6.07 Å². The zero-order chi connectivity index (χ0) is 21.1. The van der Waals surface area contributed by atoms with Crippen LogP contribution in [0.3, 0.4) is 0 Å². The second-order valence-electron chi connectivity index (χ2n) is 5.97. The summed E-state index contributed by atoms with van der Waals surface area (Å²) in [6.07, 6.45) is 0. The van der Waals surface area contributed by atoms with Crippen LogP contribution in [0.4, 0.5) is 5.69 Å². The largest absolute Gasteiger partial charge is 0.497 e. The van der Waals surface area contributed by atoms with Gasteiger partial charge in [0.15, 0.2) is 12.4 Å². The minimum absolute atomic E-state index is 0.163. The van der Waals surface area contributed by atoms with Crippen LogP contribution in [0.1, 0.15) is 31.1 Å². The number of ether oxygens (including phenoxy) is 2. The number of nitro benzene ring substituents is 1. The van der Waals surface area contributed by atoms with E-state index in [1.54, 1.807) is 12.1 Å². The number of rotatable bonds is 7. The van der Waals surface area contributed by atoms with Crippen molar-refractivity contribution >= 4 is 29.3 Å². The molecule has 3 rings (SSSR count). The average molecular weight is 398 g/mol. The lowest BCUT2D eigenvalue weighted by atomic mass is 10.1. The summed E-state index contributed by atoms with van der Waals surface area (Å²) in [7, 11) is 1.44. The number of nitro groups is 1. The van der Waals surface area contributed by atoms with Crippen molar-refractivity contribution in [2.45, 2.75) is 0 Å². The number of imide groups is 1. The molecule has 0 spiro atoms. The minimum Gasteiger partial charge on any atom is -0.497 e. The Morgan fingerprint density at radius 1 is 1.10 bits per heavy atom. The fraction of sp³-hybridized carbons (Fsp3) is 0.158. The highest BCUT2D eigenvalue weighted by Gasteiger charge is 2.41. The lowest BCUT2D eigenvalue weighted by Crippen LogP contribution is -2.36. The van der Waals surface area contributed by atoms with Crippen molar-refractivity contribution in [2.75, 3.05) is 20.3 Å². The molecule has 0 fully saturated rings. The molecule has 1 aliphatic heterocycles. The number of Topliss-reactive ketones (excluding diaryl/α,β-unsaturated/α-hetero) is 1. The SMILES string of the molecule is COc1cccc(C(=O)COC(=O)CN2C(=O)c3cccc([N+](=O)[O-])c3C2=O)c1. The number of fused-ring (bicyclic) bond motifs is 1. The number of ketones is 1.